The summed E-state index contributed by atoms with van der Waals surface area (Å²) in [6.07, 6.45) is 3.51. The van der Waals surface area contributed by atoms with Gasteiger partial charge in [-0.2, -0.15) is 0 Å². The third-order valence-corrected chi connectivity index (χ3v) is 3.94. The molecule has 0 radical (unpaired) electrons. The maximum Gasteiger partial charge on any atom is 0.269 e. The van der Waals surface area contributed by atoms with E-state index in [9.17, 15) is 4.79 Å². The van der Waals surface area contributed by atoms with Crippen LogP contribution in [0.4, 0.5) is 11.4 Å². The van der Waals surface area contributed by atoms with E-state index < -0.39 is 0 Å². The number of nitrogen functional groups attached to an aromatic ring is 1. The fourth-order valence-corrected chi connectivity index (χ4v) is 2.89. The Morgan fingerprint density at radius 2 is 2.33 bits per heavy atom. The number of benzene rings is 1. The van der Waals surface area contributed by atoms with Gasteiger partial charge in [0.15, 0.2) is 0 Å². The molecule has 1 aromatic heterocycles. The van der Waals surface area contributed by atoms with Crippen molar-refractivity contribution in [3.05, 3.63) is 40.3 Å². The maximum atomic E-state index is 12.4. The third-order valence-electron chi connectivity index (χ3n) is 3.18. The fourth-order valence-electron chi connectivity index (χ4n) is 2.32. The largest absolute Gasteiger partial charge is 0.398 e. The standard InChI is InChI=1S/C13H13N3OS/c14-10-4-1-5-11-9(10)3-2-6-16(11)13(17)12-7-15-8-18-12/h1,4-5,7-8H,2-3,6,14H2. The van der Waals surface area contributed by atoms with Crippen molar-refractivity contribution in [3.8, 4) is 0 Å². The van der Waals surface area contributed by atoms with Gasteiger partial charge in [0.1, 0.15) is 4.88 Å². The van der Waals surface area contributed by atoms with Crippen LogP contribution in [0.15, 0.2) is 29.9 Å². The molecule has 0 saturated heterocycles. The summed E-state index contributed by atoms with van der Waals surface area (Å²) in [4.78, 5) is 18.8. The first-order chi connectivity index (χ1) is 8.77. The number of nitrogens with two attached hydrogens (primary N) is 1. The molecule has 0 bridgehead atoms. The van der Waals surface area contributed by atoms with E-state index in [0.717, 1.165) is 36.3 Å². The molecule has 0 spiro atoms. The van der Waals surface area contributed by atoms with Crippen molar-refractivity contribution < 1.29 is 4.79 Å². The molecule has 1 amide bonds. The van der Waals surface area contributed by atoms with Crippen molar-refractivity contribution in [2.75, 3.05) is 17.2 Å². The predicted octanol–water partition coefficient (Wildman–Crippen LogP) is 2.32. The van der Waals surface area contributed by atoms with Crippen LogP contribution in [0.3, 0.4) is 0 Å². The maximum absolute atomic E-state index is 12.4. The van der Waals surface area contributed by atoms with Crippen molar-refractivity contribution in [2.24, 2.45) is 0 Å². The number of carbonyl (C=O) groups excluding carboxylic acids is 1. The molecule has 92 valence electrons. The van der Waals surface area contributed by atoms with Crippen LogP contribution in [0.2, 0.25) is 0 Å². The molecule has 2 heterocycles. The first-order valence-corrected chi connectivity index (χ1v) is 6.73. The molecule has 0 saturated carbocycles. The number of anilines is 2. The molecule has 0 unspecified atom stereocenters. The minimum Gasteiger partial charge on any atom is -0.398 e. The molecule has 1 aliphatic heterocycles. The molecule has 18 heavy (non-hydrogen) atoms. The highest BCUT2D eigenvalue weighted by Gasteiger charge is 2.25. The minimum absolute atomic E-state index is 0.0176. The lowest BCUT2D eigenvalue weighted by atomic mass is 10.00. The number of carbonyl (C=O) groups is 1. The topological polar surface area (TPSA) is 59.2 Å². The number of nitrogens with zero attached hydrogens (tertiary/aromatic N) is 2. The molecule has 2 aromatic rings. The summed E-state index contributed by atoms with van der Waals surface area (Å²) in [6.45, 7) is 0.743. The van der Waals surface area contributed by atoms with Gasteiger partial charge in [0.25, 0.3) is 5.91 Å². The van der Waals surface area contributed by atoms with Gasteiger partial charge in [-0.15, -0.1) is 11.3 Å². The van der Waals surface area contributed by atoms with Crippen molar-refractivity contribution in [1.29, 1.82) is 0 Å². The van der Waals surface area contributed by atoms with Crippen LogP contribution >= 0.6 is 11.3 Å². The summed E-state index contributed by atoms with van der Waals surface area (Å²) in [7, 11) is 0. The number of hydrogen-bond donors (Lipinski definition) is 1. The molecule has 1 aliphatic rings. The lowest BCUT2D eigenvalue weighted by Gasteiger charge is -2.29. The summed E-state index contributed by atoms with van der Waals surface area (Å²) < 4.78 is 0. The van der Waals surface area contributed by atoms with E-state index in [-0.39, 0.29) is 5.91 Å². The molecule has 2 N–H and O–H groups in total. The first kappa shape index (κ1) is 11.2. The van der Waals surface area contributed by atoms with Crippen molar-refractivity contribution in [2.45, 2.75) is 12.8 Å². The number of aromatic nitrogens is 1. The molecule has 3 rings (SSSR count). The highest BCUT2D eigenvalue weighted by molar-refractivity contribution is 7.11. The number of amides is 1. The average molecular weight is 259 g/mol. The molecule has 4 nitrogen and oxygen atoms in total. The zero-order chi connectivity index (χ0) is 12.5. The van der Waals surface area contributed by atoms with Gasteiger partial charge in [-0.05, 0) is 30.5 Å². The van der Waals surface area contributed by atoms with Crippen LogP contribution in [-0.2, 0) is 6.42 Å². The Morgan fingerprint density at radius 3 is 3.11 bits per heavy atom. The molecule has 5 heteroatoms. The van der Waals surface area contributed by atoms with Gasteiger partial charge in [0.05, 0.1) is 11.7 Å². The van der Waals surface area contributed by atoms with Crippen LogP contribution in [0.1, 0.15) is 21.7 Å². The van der Waals surface area contributed by atoms with Gasteiger partial charge in [0, 0.05) is 17.9 Å². The van der Waals surface area contributed by atoms with Crippen LogP contribution in [-0.4, -0.2) is 17.4 Å². The van der Waals surface area contributed by atoms with E-state index in [0.29, 0.717) is 4.88 Å². The van der Waals surface area contributed by atoms with Gasteiger partial charge < -0.3 is 10.6 Å². The summed E-state index contributed by atoms with van der Waals surface area (Å²) >= 11 is 1.37. The molecule has 0 aliphatic carbocycles. The Bertz CT molecular complexity index is 580. The normalized spacial score (nSPS) is 14.3. The van der Waals surface area contributed by atoms with E-state index in [1.54, 1.807) is 11.7 Å². The monoisotopic (exact) mass is 259 g/mol. The summed E-state index contributed by atoms with van der Waals surface area (Å²) in [6, 6.07) is 5.75. The minimum atomic E-state index is 0.0176. The number of hydrogen-bond acceptors (Lipinski definition) is 4. The van der Waals surface area contributed by atoms with E-state index in [1.807, 2.05) is 23.1 Å². The second-order valence-corrected chi connectivity index (χ2v) is 5.16. The number of thiazole rings is 1. The fraction of sp³-hybridized carbons (Fsp3) is 0.231. The Morgan fingerprint density at radius 1 is 1.44 bits per heavy atom. The van der Waals surface area contributed by atoms with Crippen LogP contribution in [0.25, 0.3) is 0 Å². The highest BCUT2D eigenvalue weighted by atomic mass is 32.1. The number of fused-ring (bicyclic) bond motifs is 1. The molecule has 1 aromatic carbocycles. The molecular weight excluding hydrogens is 246 g/mol. The van der Waals surface area contributed by atoms with Crippen LogP contribution < -0.4 is 10.6 Å². The van der Waals surface area contributed by atoms with E-state index in [2.05, 4.69) is 4.98 Å². The van der Waals surface area contributed by atoms with Gasteiger partial charge in [0.2, 0.25) is 0 Å². The van der Waals surface area contributed by atoms with Crippen LogP contribution in [0, 0.1) is 0 Å². The second kappa shape index (κ2) is 4.42. The summed E-state index contributed by atoms with van der Waals surface area (Å²) in [5, 5.41) is 0. The lowest BCUT2D eigenvalue weighted by Crippen LogP contribution is -2.35. The van der Waals surface area contributed by atoms with E-state index in [4.69, 9.17) is 5.73 Å². The molecule has 0 atom stereocenters. The third kappa shape index (κ3) is 1.76. The van der Waals surface area contributed by atoms with Crippen molar-refractivity contribution in [1.82, 2.24) is 4.98 Å². The van der Waals surface area contributed by atoms with E-state index in [1.165, 1.54) is 11.3 Å². The Kier molecular flexibility index (Phi) is 2.76. The van der Waals surface area contributed by atoms with Crippen molar-refractivity contribution >= 4 is 28.6 Å². The lowest BCUT2D eigenvalue weighted by molar-refractivity contribution is 0.0989. The van der Waals surface area contributed by atoms with Gasteiger partial charge in [-0.25, -0.2) is 0 Å². The van der Waals surface area contributed by atoms with Crippen molar-refractivity contribution in [3.63, 3.8) is 0 Å². The Labute approximate surface area is 109 Å². The van der Waals surface area contributed by atoms with E-state index >= 15 is 0 Å². The highest BCUT2D eigenvalue weighted by Crippen LogP contribution is 2.32. The van der Waals surface area contributed by atoms with Gasteiger partial charge >= 0.3 is 0 Å². The van der Waals surface area contributed by atoms with Gasteiger partial charge in [-0.3, -0.25) is 9.78 Å². The summed E-state index contributed by atoms with van der Waals surface area (Å²) in [5.41, 5.74) is 10.5. The Hall–Kier alpha value is -1.88. The summed E-state index contributed by atoms with van der Waals surface area (Å²) in [5.74, 6) is 0.0176. The zero-order valence-corrected chi connectivity index (χ0v) is 10.6. The SMILES string of the molecule is Nc1cccc2c1CCCN2C(=O)c1cncs1. The Balaban J connectivity index is 2.02. The molecule has 0 fully saturated rings. The predicted molar refractivity (Wildman–Crippen MR) is 73.0 cm³/mol. The quantitative estimate of drug-likeness (QED) is 0.799. The van der Waals surface area contributed by atoms with Crippen LogP contribution in [0.5, 0.6) is 0 Å². The average Bonchev–Trinajstić information content (AvgIpc) is 2.92. The smallest absolute Gasteiger partial charge is 0.269 e. The first-order valence-electron chi connectivity index (χ1n) is 5.85. The zero-order valence-electron chi connectivity index (χ0n) is 9.80. The molecular formula is C13H13N3OS. The second-order valence-electron chi connectivity index (χ2n) is 4.27. The number of rotatable bonds is 1. The van der Waals surface area contributed by atoms with Gasteiger partial charge in [-0.1, -0.05) is 6.07 Å².